The number of imide groups is 1. The fourth-order valence-corrected chi connectivity index (χ4v) is 4.24. The molecule has 1 aliphatic heterocycles. The molecule has 0 spiro atoms. The highest BCUT2D eigenvalue weighted by atomic mass is 16.6. The first-order valence-corrected chi connectivity index (χ1v) is 14.7. The fourth-order valence-electron chi connectivity index (χ4n) is 4.24. The lowest BCUT2D eigenvalue weighted by Crippen LogP contribution is -2.47. The minimum Gasteiger partial charge on any atom is -0.480 e. The van der Waals surface area contributed by atoms with Crippen LogP contribution in [-0.2, 0) is 49.5 Å². The molecule has 14 nitrogen and oxygen atoms in total. The number of carbonyl (C=O) groups excluding carboxylic acids is 6. The number of aliphatic carboxylic acids is 1. The number of benzene rings is 1. The van der Waals surface area contributed by atoms with Crippen LogP contribution in [0.5, 0.6) is 0 Å². The zero-order valence-corrected chi connectivity index (χ0v) is 25.8. The minimum absolute atomic E-state index is 0.0715. The Kier molecular flexibility index (Phi) is 14.9. The van der Waals surface area contributed by atoms with Gasteiger partial charge in [-0.15, -0.1) is 0 Å². The van der Waals surface area contributed by atoms with E-state index in [4.69, 9.17) is 9.47 Å². The molecule has 1 heterocycles. The van der Waals surface area contributed by atoms with Gasteiger partial charge in [0.1, 0.15) is 18.2 Å². The molecule has 0 bridgehead atoms. The van der Waals surface area contributed by atoms with Gasteiger partial charge in [0.05, 0.1) is 25.6 Å². The van der Waals surface area contributed by atoms with Crippen LogP contribution in [-0.4, -0.2) is 95.5 Å². The number of esters is 1. The normalized spacial score (nSPS) is 14.1. The molecule has 0 aliphatic carbocycles. The highest BCUT2D eigenvalue weighted by molar-refractivity contribution is 6.12. The van der Waals surface area contributed by atoms with Crippen molar-refractivity contribution in [3.05, 3.63) is 48.0 Å². The molecule has 5 amide bonds. The maximum absolute atomic E-state index is 12.6. The SMILES string of the molecule is CC(C)(C)OC(=O)C[C@@H](COCC(=O)NCC(=O)N[C@@H](Cc1ccccc1)C(=O)O)NC(=O)CCCCCN1C(=O)C=CC1=O. The molecule has 1 aliphatic rings. The van der Waals surface area contributed by atoms with Gasteiger partial charge < -0.3 is 30.5 Å². The third-order valence-corrected chi connectivity index (χ3v) is 6.30. The van der Waals surface area contributed by atoms with Crippen molar-refractivity contribution in [1.82, 2.24) is 20.9 Å². The maximum atomic E-state index is 12.6. The largest absolute Gasteiger partial charge is 0.480 e. The molecule has 4 N–H and O–H groups in total. The molecule has 1 aromatic rings. The first kappa shape index (κ1) is 36.6. The molecule has 0 saturated heterocycles. The number of ether oxygens (including phenoxy) is 2. The second kappa shape index (κ2) is 18.3. The van der Waals surface area contributed by atoms with Crippen LogP contribution >= 0.6 is 0 Å². The van der Waals surface area contributed by atoms with Crippen LogP contribution in [0.2, 0.25) is 0 Å². The summed E-state index contributed by atoms with van der Waals surface area (Å²) in [7, 11) is 0. The number of amides is 5. The second-order valence-corrected chi connectivity index (χ2v) is 11.5. The maximum Gasteiger partial charge on any atom is 0.326 e. The standard InChI is InChI=1S/C31H42N4O10/c1-31(2,3)45-29(41)17-22(33-24(36)12-8-5-9-15-35-27(39)13-14-28(35)40)19-44-20-26(38)32-18-25(37)34-23(30(42)43)16-21-10-6-4-7-11-21/h4,6-7,10-11,13-14,22-23H,5,8-9,12,15-20H2,1-3H3,(H,32,38)(H,33,36)(H,34,37)(H,42,43)/t22-,23-/m0/s1. The van der Waals surface area contributed by atoms with Gasteiger partial charge in [-0.05, 0) is 39.2 Å². The highest BCUT2D eigenvalue weighted by Crippen LogP contribution is 2.11. The van der Waals surface area contributed by atoms with Crippen LogP contribution < -0.4 is 16.0 Å². The molecule has 0 saturated carbocycles. The van der Waals surface area contributed by atoms with Gasteiger partial charge in [0.25, 0.3) is 11.8 Å². The van der Waals surface area contributed by atoms with E-state index in [1.165, 1.54) is 12.2 Å². The van der Waals surface area contributed by atoms with Crippen molar-refractivity contribution in [2.45, 2.75) is 77.0 Å². The summed E-state index contributed by atoms with van der Waals surface area (Å²) in [6.07, 6.45) is 4.02. The van der Waals surface area contributed by atoms with Gasteiger partial charge in [0, 0.05) is 31.5 Å². The lowest BCUT2D eigenvalue weighted by Gasteiger charge is -2.23. The van der Waals surface area contributed by atoms with E-state index in [9.17, 15) is 38.7 Å². The number of hydrogen-bond donors (Lipinski definition) is 4. The van der Waals surface area contributed by atoms with Gasteiger partial charge in [-0.3, -0.25) is 33.7 Å². The van der Waals surface area contributed by atoms with E-state index in [-0.39, 0.29) is 50.1 Å². The van der Waals surface area contributed by atoms with Crippen molar-refractivity contribution in [2.75, 3.05) is 26.3 Å². The number of carbonyl (C=O) groups is 7. The smallest absolute Gasteiger partial charge is 0.326 e. The van der Waals surface area contributed by atoms with E-state index < -0.39 is 54.6 Å². The van der Waals surface area contributed by atoms with E-state index in [1.807, 2.05) is 0 Å². The minimum atomic E-state index is -1.22. The molecular weight excluding hydrogens is 588 g/mol. The Morgan fingerprint density at radius 3 is 2.18 bits per heavy atom. The van der Waals surface area contributed by atoms with Crippen molar-refractivity contribution < 1.29 is 48.1 Å². The summed E-state index contributed by atoms with van der Waals surface area (Å²) in [6.45, 7) is 4.21. The third kappa shape index (κ3) is 15.1. The van der Waals surface area contributed by atoms with Crippen LogP contribution in [0.3, 0.4) is 0 Å². The summed E-state index contributed by atoms with van der Waals surface area (Å²) in [5.74, 6) is -4.21. The molecule has 0 unspecified atom stereocenters. The van der Waals surface area contributed by atoms with Crippen LogP contribution in [0.15, 0.2) is 42.5 Å². The lowest BCUT2D eigenvalue weighted by molar-refractivity contribution is -0.156. The van der Waals surface area contributed by atoms with Crippen molar-refractivity contribution in [3.8, 4) is 0 Å². The first-order chi connectivity index (χ1) is 21.2. The Balaban J connectivity index is 1.76. The van der Waals surface area contributed by atoms with Crippen LogP contribution in [0.1, 0.15) is 58.4 Å². The van der Waals surface area contributed by atoms with Crippen molar-refractivity contribution in [3.63, 3.8) is 0 Å². The van der Waals surface area contributed by atoms with E-state index in [0.717, 1.165) is 10.5 Å². The topological polar surface area (TPSA) is 198 Å². The van der Waals surface area contributed by atoms with Gasteiger partial charge in [-0.2, -0.15) is 0 Å². The summed E-state index contributed by atoms with van der Waals surface area (Å²) in [5.41, 5.74) is -0.0252. The number of nitrogens with one attached hydrogen (secondary N) is 3. The Bertz CT molecular complexity index is 1220. The number of nitrogens with zero attached hydrogens (tertiary/aromatic N) is 1. The molecule has 2 rings (SSSR count). The Morgan fingerprint density at radius 1 is 0.889 bits per heavy atom. The van der Waals surface area contributed by atoms with Gasteiger partial charge in [-0.1, -0.05) is 36.8 Å². The highest BCUT2D eigenvalue weighted by Gasteiger charge is 2.24. The zero-order valence-electron chi connectivity index (χ0n) is 25.8. The van der Waals surface area contributed by atoms with Gasteiger partial charge in [0.15, 0.2) is 0 Å². The van der Waals surface area contributed by atoms with Crippen LogP contribution in [0.25, 0.3) is 0 Å². The summed E-state index contributed by atoms with van der Waals surface area (Å²) in [5, 5.41) is 16.9. The average Bonchev–Trinajstić information content (AvgIpc) is 3.27. The van der Waals surface area contributed by atoms with Crippen molar-refractivity contribution in [2.24, 2.45) is 0 Å². The molecule has 2 atom stereocenters. The monoisotopic (exact) mass is 630 g/mol. The number of carboxylic acids is 1. The second-order valence-electron chi connectivity index (χ2n) is 11.5. The summed E-state index contributed by atoms with van der Waals surface area (Å²) >= 11 is 0. The van der Waals surface area contributed by atoms with Gasteiger partial charge >= 0.3 is 11.9 Å². The lowest BCUT2D eigenvalue weighted by atomic mass is 10.1. The molecular formula is C31H42N4O10. The summed E-state index contributed by atoms with van der Waals surface area (Å²) in [4.78, 5) is 85.4. The zero-order chi connectivity index (χ0) is 33.4. The summed E-state index contributed by atoms with van der Waals surface area (Å²) < 4.78 is 10.7. The Labute approximate surface area is 261 Å². The number of carboxylic acid groups (broad SMARTS) is 1. The molecule has 0 radical (unpaired) electrons. The van der Waals surface area contributed by atoms with Crippen LogP contribution in [0.4, 0.5) is 0 Å². The van der Waals surface area contributed by atoms with E-state index >= 15 is 0 Å². The van der Waals surface area contributed by atoms with Crippen molar-refractivity contribution >= 4 is 41.5 Å². The first-order valence-electron chi connectivity index (χ1n) is 14.7. The fraction of sp³-hybridized carbons (Fsp3) is 0.516. The summed E-state index contributed by atoms with van der Waals surface area (Å²) in [6, 6.07) is 6.79. The molecule has 0 aromatic heterocycles. The molecule has 14 heteroatoms. The molecule has 0 fully saturated rings. The Morgan fingerprint density at radius 2 is 1.56 bits per heavy atom. The predicted molar refractivity (Wildman–Crippen MR) is 160 cm³/mol. The number of unbranched alkanes of at least 4 members (excludes halogenated alkanes) is 2. The molecule has 45 heavy (non-hydrogen) atoms. The van der Waals surface area contributed by atoms with Crippen molar-refractivity contribution in [1.29, 1.82) is 0 Å². The van der Waals surface area contributed by atoms with E-state index in [0.29, 0.717) is 19.3 Å². The van der Waals surface area contributed by atoms with Crippen LogP contribution in [0, 0.1) is 0 Å². The molecule has 1 aromatic carbocycles. The Hall–Kier alpha value is -4.59. The predicted octanol–water partition coefficient (Wildman–Crippen LogP) is 0.633. The van der Waals surface area contributed by atoms with Gasteiger partial charge in [-0.25, -0.2) is 4.79 Å². The number of rotatable bonds is 19. The van der Waals surface area contributed by atoms with E-state index in [2.05, 4.69) is 16.0 Å². The number of hydrogen-bond acceptors (Lipinski definition) is 9. The molecule has 246 valence electrons. The van der Waals surface area contributed by atoms with Gasteiger partial charge in [0.2, 0.25) is 17.7 Å². The average molecular weight is 631 g/mol. The van der Waals surface area contributed by atoms with E-state index in [1.54, 1.807) is 51.1 Å². The third-order valence-electron chi connectivity index (χ3n) is 6.30. The quantitative estimate of drug-likeness (QED) is 0.0956.